The molecule has 3 heteroatoms. The molecule has 3 rings (SSSR count). The number of rotatable bonds is 3. The quantitative estimate of drug-likeness (QED) is 0.857. The number of nitrogens with one attached hydrogen (secondary N) is 1. The minimum Gasteiger partial charge on any atom is -0.459 e. The largest absolute Gasteiger partial charge is 0.459 e. The molecule has 1 aliphatic carbocycles. The van der Waals surface area contributed by atoms with E-state index in [1.807, 2.05) is 37.3 Å². The Bertz CT molecular complexity index is 608. The van der Waals surface area contributed by atoms with E-state index in [0.717, 1.165) is 36.0 Å². The van der Waals surface area contributed by atoms with E-state index >= 15 is 0 Å². The summed E-state index contributed by atoms with van der Waals surface area (Å²) in [6, 6.07) is 9.80. The van der Waals surface area contributed by atoms with Crippen molar-refractivity contribution >= 4 is 16.9 Å². The Morgan fingerprint density at radius 3 is 2.95 bits per heavy atom. The highest BCUT2D eigenvalue weighted by atomic mass is 16.3. The lowest BCUT2D eigenvalue weighted by molar-refractivity contribution is -0.126. The molecule has 0 saturated carbocycles. The van der Waals surface area contributed by atoms with Gasteiger partial charge in [0.05, 0.1) is 6.04 Å². The number of fused-ring (bicyclic) bond motifs is 1. The monoisotopic (exact) mass is 269 g/mol. The van der Waals surface area contributed by atoms with Gasteiger partial charge < -0.3 is 9.73 Å². The Balaban J connectivity index is 1.70. The Labute approximate surface area is 118 Å². The summed E-state index contributed by atoms with van der Waals surface area (Å²) in [6.45, 7) is 1.97. The van der Waals surface area contributed by atoms with Gasteiger partial charge >= 0.3 is 0 Å². The number of amides is 1. The topological polar surface area (TPSA) is 42.2 Å². The summed E-state index contributed by atoms with van der Waals surface area (Å²) in [7, 11) is 0. The number of allylic oxidation sites excluding steroid dienone is 2. The maximum atomic E-state index is 12.2. The molecule has 2 aromatic rings. The van der Waals surface area contributed by atoms with Crippen LogP contribution < -0.4 is 5.32 Å². The van der Waals surface area contributed by atoms with Crippen LogP contribution in [-0.4, -0.2) is 5.91 Å². The van der Waals surface area contributed by atoms with E-state index in [1.165, 1.54) is 0 Å². The molecule has 0 bridgehead atoms. The summed E-state index contributed by atoms with van der Waals surface area (Å²) in [4.78, 5) is 12.2. The molecule has 104 valence electrons. The summed E-state index contributed by atoms with van der Waals surface area (Å²) in [5.74, 6) is 1.04. The van der Waals surface area contributed by atoms with Gasteiger partial charge in [0.15, 0.2) is 0 Å². The van der Waals surface area contributed by atoms with Crippen molar-refractivity contribution in [3.63, 3.8) is 0 Å². The zero-order valence-corrected chi connectivity index (χ0v) is 11.6. The van der Waals surface area contributed by atoms with Crippen molar-refractivity contribution in [1.29, 1.82) is 0 Å². The minimum atomic E-state index is -0.0965. The first-order chi connectivity index (χ1) is 9.74. The van der Waals surface area contributed by atoms with Crippen molar-refractivity contribution in [3.05, 3.63) is 48.2 Å². The average Bonchev–Trinajstić information content (AvgIpc) is 2.92. The van der Waals surface area contributed by atoms with Gasteiger partial charge in [-0.2, -0.15) is 0 Å². The summed E-state index contributed by atoms with van der Waals surface area (Å²) in [5, 5.41) is 4.13. The molecule has 3 nitrogen and oxygen atoms in total. The van der Waals surface area contributed by atoms with Crippen molar-refractivity contribution in [3.8, 4) is 0 Å². The third-order valence-corrected chi connectivity index (χ3v) is 3.87. The fourth-order valence-corrected chi connectivity index (χ4v) is 2.65. The van der Waals surface area contributed by atoms with Gasteiger partial charge in [-0.3, -0.25) is 4.79 Å². The van der Waals surface area contributed by atoms with E-state index in [0.29, 0.717) is 0 Å². The van der Waals surface area contributed by atoms with Gasteiger partial charge in [0.1, 0.15) is 11.3 Å². The Kier molecular flexibility index (Phi) is 3.59. The van der Waals surface area contributed by atoms with Crippen LogP contribution in [-0.2, 0) is 4.79 Å². The van der Waals surface area contributed by atoms with Crippen molar-refractivity contribution < 1.29 is 9.21 Å². The van der Waals surface area contributed by atoms with Crippen LogP contribution in [0.3, 0.4) is 0 Å². The molecule has 0 radical (unpaired) electrons. The summed E-state index contributed by atoms with van der Waals surface area (Å²) >= 11 is 0. The van der Waals surface area contributed by atoms with E-state index in [1.54, 1.807) is 0 Å². The molecular formula is C17H19NO2. The fraction of sp³-hybridized carbons (Fsp3) is 0.353. The zero-order valence-electron chi connectivity index (χ0n) is 11.6. The van der Waals surface area contributed by atoms with Gasteiger partial charge in [-0.15, -0.1) is 0 Å². The molecule has 1 aliphatic rings. The number of para-hydroxylation sites is 1. The first-order valence-corrected chi connectivity index (χ1v) is 7.18. The number of carbonyl (C=O) groups is 1. The van der Waals surface area contributed by atoms with Crippen LogP contribution in [0.2, 0.25) is 0 Å². The SMILES string of the molecule is C[C@H](NC(=O)[C@@H]1CC=CCC1)c1cc2ccccc2o1. The minimum absolute atomic E-state index is 0.0965. The van der Waals surface area contributed by atoms with Crippen LogP contribution in [0, 0.1) is 5.92 Å². The van der Waals surface area contributed by atoms with Gasteiger partial charge in [0.25, 0.3) is 0 Å². The first kappa shape index (κ1) is 13.0. The molecule has 1 N–H and O–H groups in total. The lowest BCUT2D eigenvalue weighted by Crippen LogP contribution is -2.33. The Hall–Kier alpha value is -2.03. The second-order valence-corrected chi connectivity index (χ2v) is 5.40. The van der Waals surface area contributed by atoms with Crippen LogP contribution in [0.4, 0.5) is 0 Å². The van der Waals surface area contributed by atoms with Gasteiger partial charge in [-0.25, -0.2) is 0 Å². The van der Waals surface area contributed by atoms with Crippen LogP contribution in [0.5, 0.6) is 0 Å². The standard InChI is InChI=1S/C17H19NO2/c1-12(18-17(19)13-7-3-2-4-8-13)16-11-14-9-5-6-10-15(14)20-16/h2-3,5-6,9-13H,4,7-8H2,1H3,(H,18,19)/t12-,13+/m0/s1. The highest BCUT2D eigenvalue weighted by molar-refractivity contribution is 5.80. The molecule has 2 atom stereocenters. The van der Waals surface area contributed by atoms with Crippen LogP contribution >= 0.6 is 0 Å². The maximum absolute atomic E-state index is 12.2. The number of hydrogen-bond donors (Lipinski definition) is 1. The Morgan fingerprint density at radius 2 is 2.20 bits per heavy atom. The van der Waals surface area contributed by atoms with E-state index in [4.69, 9.17) is 4.42 Å². The molecule has 1 aromatic heterocycles. The number of furan rings is 1. The highest BCUT2D eigenvalue weighted by Gasteiger charge is 2.21. The number of carbonyl (C=O) groups excluding carboxylic acids is 1. The van der Waals surface area contributed by atoms with Gasteiger partial charge in [0, 0.05) is 11.3 Å². The smallest absolute Gasteiger partial charge is 0.224 e. The number of benzene rings is 1. The van der Waals surface area contributed by atoms with Gasteiger partial charge in [0.2, 0.25) is 5.91 Å². The van der Waals surface area contributed by atoms with Gasteiger partial charge in [-0.1, -0.05) is 30.4 Å². The molecular weight excluding hydrogens is 250 g/mol. The lowest BCUT2D eigenvalue weighted by atomic mass is 9.93. The lowest BCUT2D eigenvalue weighted by Gasteiger charge is -2.19. The fourth-order valence-electron chi connectivity index (χ4n) is 2.65. The average molecular weight is 269 g/mol. The maximum Gasteiger partial charge on any atom is 0.224 e. The number of hydrogen-bond acceptors (Lipinski definition) is 2. The van der Waals surface area contributed by atoms with Crippen molar-refractivity contribution in [1.82, 2.24) is 5.32 Å². The normalized spacial score (nSPS) is 19.9. The molecule has 20 heavy (non-hydrogen) atoms. The second-order valence-electron chi connectivity index (χ2n) is 5.40. The molecule has 1 amide bonds. The van der Waals surface area contributed by atoms with Gasteiger partial charge in [-0.05, 0) is 38.3 Å². The van der Waals surface area contributed by atoms with Crippen LogP contribution in [0.15, 0.2) is 46.9 Å². The van der Waals surface area contributed by atoms with E-state index in [-0.39, 0.29) is 17.9 Å². The third kappa shape index (κ3) is 2.62. The molecule has 0 aliphatic heterocycles. The summed E-state index contributed by atoms with van der Waals surface area (Å²) < 4.78 is 5.79. The molecule has 0 unspecified atom stereocenters. The molecule has 1 aromatic carbocycles. The zero-order chi connectivity index (χ0) is 13.9. The van der Waals surface area contributed by atoms with Crippen LogP contribution in [0.1, 0.15) is 38.0 Å². The van der Waals surface area contributed by atoms with Crippen molar-refractivity contribution in [2.24, 2.45) is 5.92 Å². The highest BCUT2D eigenvalue weighted by Crippen LogP contribution is 2.25. The predicted octanol–water partition coefficient (Wildman–Crippen LogP) is 3.97. The predicted molar refractivity (Wildman–Crippen MR) is 79.3 cm³/mol. The van der Waals surface area contributed by atoms with E-state index in [9.17, 15) is 4.79 Å². The second kappa shape index (κ2) is 5.53. The summed E-state index contributed by atoms with van der Waals surface area (Å²) in [6.07, 6.45) is 7.02. The van der Waals surface area contributed by atoms with Crippen LogP contribution in [0.25, 0.3) is 11.0 Å². The van der Waals surface area contributed by atoms with E-state index in [2.05, 4.69) is 17.5 Å². The molecule has 0 fully saturated rings. The third-order valence-electron chi connectivity index (χ3n) is 3.87. The molecule has 0 spiro atoms. The molecule has 0 saturated heterocycles. The van der Waals surface area contributed by atoms with Crippen molar-refractivity contribution in [2.45, 2.75) is 32.2 Å². The Morgan fingerprint density at radius 1 is 1.35 bits per heavy atom. The molecule has 1 heterocycles. The first-order valence-electron chi connectivity index (χ1n) is 7.18. The van der Waals surface area contributed by atoms with Crippen molar-refractivity contribution in [2.75, 3.05) is 0 Å². The van der Waals surface area contributed by atoms with E-state index < -0.39 is 0 Å². The summed E-state index contributed by atoms with van der Waals surface area (Å²) in [5.41, 5.74) is 0.865.